The van der Waals surface area contributed by atoms with Gasteiger partial charge in [0, 0.05) is 17.4 Å². The van der Waals surface area contributed by atoms with Gasteiger partial charge in [-0.15, -0.1) is 0 Å². The maximum atomic E-state index is 14.2. The zero-order valence-electron chi connectivity index (χ0n) is 22.5. The van der Waals surface area contributed by atoms with Crippen LogP contribution in [0.3, 0.4) is 0 Å². The first-order valence-corrected chi connectivity index (χ1v) is 12.7. The largest absolute Gasteiger partial charge is 0.507 e. The number of Topliss-reactive ketones (excluding diaryl/α,β-unsaturated/α-hetero) is 4. The molecule has 3 aliphatic rings. The third-order valence-corrected chi connectivity index (χ3v) is 8.60. The molecule has 0 aromatic heterocycles. The Labute approximate surface area is 221 Å². The van der Waals surface area contributed by atoms with Gasteiger partial charge >= 0.3 is 0 Å². The molecule has 4 N–H and O–H groups in total. The lowest BCUT2D eigenvalue weighted by atomic mass is 9.42. The Balaban J connectivity index is 1.95. The van der Waals surface area contributed by atoms with Gasteiger partial charge in [-0.1, -0.05) is 39.5 Å². The smallest absolute Gasteiger partial charge is 0.235 e. The predicted molar refractivity (Wildman–Crippen MR) is 137 cm³/mol. The van der Waals surface area contributed by atoms with Crippen molar-refractivity contribution in [2.45, 2.75) is 58.6 Å². The lowest BCUT2D eigenvalue weighted by Gasteiger charge is -2.61. The summed E-state index contributed by atoms with van der Waals surface area (Å²) in [6, 6.07) is 1.78. The average molecular weight is 523 g/mol. The minimum atomic E-state index is -2.81. The third-order valence-electron chi connectivity index (χ3n) is 8.60. The van der Waals surface area contributed by atoms with E-state index in [0.29, 0.717) is 23.5 Å². The van der Waals surface area contributed by atoms with Crippen LogP contribution in [0.15, 0.2) is 12.1 Å². The fraction of sp³-hybridized carbons (Fsp3) is 0.552. The first-order valence-electron chi connectivity index (χ1n) is 12.7. The number of ketones is 4. The van der Waals surface area contributed by atoms with Gasteiger partial charge in [0.1, 0.15) is 5.75 Å². The number of rotatable bonds is 3. The van der Waals surface area contributed by atoms with Crippen molar-refractivity contribution in [3.8, 4) is 17.6 Å². The minimum absolute atomic E-state index is 0.0562. The quantitative estimate of drug-likeness (QED) is 0.393. The number of likely N-dealkylation sites (N-methyl/N-ethyl adjacent to an activating group) is 1. The maximum Gasteiger partial charge on any atom is 0.235 e. The van der Waals surface area contributed by atoms with Crippen LogP contribution in [0.4, 0.5) is 0 Å². The van der Waals surface area contributed by atoms with E-state index in [1.165, 1.54) is 17.9 Å². The van der Waals surface area contributed by atoms with Crippen LogP contribution < -0.4 is 5.73 Å². The van der Waals surface area contributed by atoms with Gasteiger partial charge in [0.05, 0.1) is 17.5 Å². The second-order valence-corrected chi connectivity index (χ2v) is 12.2. The van der Waals surface area contributed by atoms with Gasteiger partial charge in [-0.3, -0.25) is 28.9 Å². The Morgan fingerprint density at radius 3 is 2.34 bits per heavy atom. The number of phenols is 1. The van der Waals surface area contributed by atoms with Crippen molar-refractivity contribution in [2.75, 3.05) is 14.1 Å². The molecule has 3 aliphatic carbocycles. The first-order chi connectivity index (χ1) is 17.5. The molecule has 0 bridgehead atoms. The van der Waals surface area contributed by atoms with E-state index in [2.05, 4.69) is 11.8 Å². The van der Waals surface area contributed by atoms with Crippen LogP contribution in [0.5, 0.6) is 5.75 Å². The molecule has 38 heavy (non-hydrogen) atoms. The van der Waals surface area contributed by atoms with Crippen LogP contribution in [0.25, 0.3) is 0 Å². The summed E-state index contributed by atoms with van der Waals surface area (Å²) < 4.78 is 0. The zero-order chi connectivity index (χ0) is 28.5. The SMILES string of the molecule is CC(C)CC#Cc1ccc(O)c2c1C[C@@]1(C)C[C@@]3(C)[C@H](N(C)C)C(=O)C(C(N)=O)C(=O)[C@@]3(O)C(=O)C1C2=O. The Hall–Kier alpha value is -3.35. The Morgan fingerprint density at radius 2 is 1.79 bits per heavy atom. The number of nitrogens with zero attached hydrogens (tertiary/aromatic N) is 1. The number of amides is 1. The number of carbonyl (C=O) groups excluding carboxylic acids is 5. The minimum Gasteiger partial charge on any atom is -0.507 e. The van der Waals surface area contributed by atoms with Gasteiger partial charge in [-0.25, -0.2) is 0 Å². The normalized spacial score (nSPS) is 34.4. The highest BCUT2D eigenvalue weighted by Crippen LogP contribution is 2.61. The topological polar surface area (TPSA) is 155 Å². The number of carbonyl (C=O) groups is 5. The van der Waals surface area contributed by atoms with E-state index in [9.17, 15) is 34.2 Å². The second kappa shape index (κ2) is 8.85. The molecule has 1 aromatic carbocycles. The highest BCUT2D eigenvalue weighted by molar-refractivity contribution is 6.33. The molecule has 0 heterocycles. The molecule has 0 spiro atoms. The third kappa shape index (κ3) is 3.57. The van der Waals surface area contributed by atoms with Gasteiger partial charge < -0.3 is 15.9 Å². The van der Waals surface area contributed by atoms with Crippen LogP contribution in [-0.4, -0.2) is 69.9 Å². The molecule has 1 amide bonds. The summed E-state index contributed by atoms with van der Waals surface area (Å²) in [7, 11) is 3.12. The number of aromatic hydroxyl groups is 1. The molecule has 0 saturated heterocycles. The van der Waals surface area contributed by atoms with Crippen molar-refractivity contribution in [2.24, 2.45) is 34.3 Å². The maximum absolute atomic E-state index is 14.2. The Morgan fingerprint density at radius 1 is 1.16 bits per heavy atom. The molecular formula is C29H34N2O7. The van der Waals surface area contributed by atoms with E-state index in [0.717, 1.165) is 0 Å². The summed E-state index contributed by atoms with van der Waals surface area (Å²) in [6.45, 7) is 7.26. The van der Waals surface area contributed by atoms with Gasteiger partial charge in [-0.05, 0) is 56.0 Å². The molecule has 6 atom stereocenters. The van der Waals surface area contributed by atoms with Crippen molar-refractivity contribution in [1.82, 2.24) is 4.90 Å². The van der Waals surface area contributed by atoms with Crippen LogP contribution in [0.1, 0.15) is 62.0 Å². The van der Waals surface area contributed by atoms with E-state index in [1.807, 2.05) is 13.8 Å². The number of hydrogen-bond donors (Lipinski definition) is 3. The number of fused-ring (bicyclic) bond motifs is 3. The lowest BCUT2D eigenvalue weighted by molar-refractivity contribution is -0.203. The predicted octanol–water partition coefficient (Wildman–Crippen LogP) is 1.04. The van der Waals surface area contributed by atoms with E-state index < -0.39 is 63.3 Å². The molecule has 2 saturated carbocycles. The van der Waals surface area contributed by atoms with E-state index in [1.54, 1.807) is 27.1 Å². The van der Waals surface area contributed by atoms with Gasteiger partial charge in [0.15, 0.2) is 34.7 Å². The molecule has 9 nitrogen and oxygen atoms in total. The zero-order valence-corrected chi connectivity index (χ0v) is 22.5. The summed E-state index contributed by atoms with van der Waals surface area (Å²) in [6.07, 6.45) is 0.722. The lowest BCUT2D eigenvalue weighted by Crippen LogP contribution is -2.79. The van der Waals surface area contributed by atoms with Crippen LogP contribution in [-0.2, 0) is 25.6 Å². The van der Waals surface area contributed by atoms with E-state index >= 15 is 0 Å². The fourth-order valence-corrected chi connectivity index (χ4v) is 7.19. The van der Waals surface area contributed by atoms with Crippen molar-refractivity contribution < 1.29 is 34.2 Å². The Bertz CT molecular complexity index is 1350. The Kier molecular flexibility index (Phi) is 6.45. The number of hydrogen-bond acceptors (Lipinski definition) is 8. The number of aliphatic hydroxyl groups is 1. The first kappa shape index (κ1) is 27.7. The van der Waals surface area contributed by atoms with Crippen molar-refractivity contribution in [3.05, 3.63) is 28.8 Å². The molecule has 1 aromatic rings. The molecule has 202 valence electrons. The summed E-state index contributed by atoms with van der Waals surface area (Å²) >= 11 is 0. The van der Waals surface area contributed by atoms with Crippen molar-refractivity contribution in [1.29, 1.82) is 0 Å². The highest BCUT2D eigenvalue weighted by atomic mass is 16.3. The summed E-state index contributed by atoms with van der Waals surface area (Å²) in [4.78, 5) is 68.7. The highest BCUT2D eigenvalue weighted by Gasteiger charge is 2.76. The fourth-order valence-electron chi connectivity index (χ4n) is 7.19. The van der Waals surface area contributed by atoms with Crippen LogP contribution >= 0.6 is 0 Å². The number of benzene rings is 1. The van der Waals surface area contributed by atoms with Crippen molar-refractivity contribution in [3.63, 3.8) is 0 Å². The average Bonchev–Trinajstić information content (AvgIpc) is 2.77. The molecule has 0 aliphatic heterocycles. The summed E-state index contributed by atoms with van der Waals surface area (Å²) in [5.41, 5.74) is 0.807. The van der Waals surface area contributed by atoms with Gasteiger partial charge in [-0.2, -0.15) is 0 Å². The second-order valence-electron chi connectivity index (χ2n) is 12.2. The monoisotopic (exact) mass is 522 g/mol. The van der Waals surface area contributed by atoms with Crippen LogP contribution in [0.2, 0.25) is 0 Å². The molecule has 9 heteroatoms. The summed E-state index contributed by atoms with van der Waals surface area (Å²) in [5, 5.41) is 22.6. The molecule has 0 radical (unpaired) electrons. The molecule has 2 unspecified atom stereocenters. The molecule has 2 fully saturated rings. The summed E-state index contributed by atoms with van der Waals surface area (Å²) in [5.74, 6) is -2.42. The standard InChI is InChI=1S/C29H34N2O7/c1-14(2)8-7-9-15-10-11-17(32)18-16(15)12-27(3)13-28(4)23(31(5)6)22(34)19(26(30)37)24(35)29(28,38)25(36)20(27)21(18)33/h10-11,14,19-20,23,32,38H,8,12-13H2,1-6H3,(H2,30,37)/t19?,20?,23-,27+,28+,29-/m1/s1. The number of primary amides is 1. The molecule has 4 rings (SSSR count). The van der Waals surface area contributed by atoms with E-state index in [-0.39, 0.29) is 24.2 Å². The molecular weight excluding hydrogens is 488 g/mol. The number of nitrogens with two attached hydrogens (primary N) is 1. The van der Waals surface area contributed by atoms with Gasteiger partial charge in [0.25, 0.3) is 0 Å². The number of phenolic OH excluding ortho intramolecular Hbond substituents is 1. The van der Waals surface area contributed by atoms with Crippen molar-refractivity contribution >= 4 is 29.0 Å². The van der Waals surface area contributed by atoms with E-state index in [4.69, 9.17) is 5.73 Å². The van der Waals surface area contributed by atoms with Crippen LogP contribution in [0, 0.1) is 40.4 Å². The van der Waals surface area contributed by atoms with Gasteiger partial charge in [0.2, 0.25) is 5.91 Å².